The normalized spacial score (nSPS) is 22.2. The van der Waals surface area contributed by atoms with Crippen LogP contribution in [0.15, 0.2) is 81.9 Å². The van der Waals surface area contributed by atoms with Crippen molar-refractivity contribution in [3.8, 4) is 34.4 Å². The first-order valence-corrected chi connectivity index (χ1v) is 17.8. The summed E-state index contributed by atoms with van der Waals surface area (Å²) in [5, 5.41) is 29.8. The summed E-state index contributed by atoms with van der Waals surface area (Å²) in [6.07, 6.45) is 1.66. The van der Waals surface area contributed by atoms with Crippen LogP contribution in [0.2, 0.25) is 0 Å². The van der Waals surface area contributed by atoms with Gasteiger partial charge in [-0.2, -0.15) is 0 Å². The van der Waals surface area contributed by atoms with Crippen LogP contribution in [0.1, 0.15) is 62.1 Å². The predicted octanol–water partition coefficient (Wildman–Crippen LogP) is 4.51. The van der Waals surface area contributed by atoms with Crippen molar-refractivity contribution in [3.63, 3.8) is 0 Å². The van der Waals surface area contributed by atoms with E-state index in [0.717, 1.165) is 27.8 Å². The van der Waals surface area contributed by atoms with Gasteiger partial charge in [0, 0.05) is 40.7 Å². The molecule has 3 aliphatic rings. The summed E-state index contributed by atoms with van der Waals surface area (Å²) < 4.78 is 20.1. The molecule has 13 heteroatoms. The molecule has 5 atom stereocenters. The molecule has 0 saturated carbocycles. The number of quaternary nitrogens is 1. The molecular weight excluding hydrogens is 676 g/mol. The molecule has 6 aromatic rings. The fraction of sp³-hybridized carbons (Fsp3) is 0.300. The second-order valence-corrected chi connectivity index (χ2v) is 14.8. The number of phenols is 1. The van der Waals surface area contributed by atoms with E-state index >= 15 is 0 Å². The lowest BCUT2D eigenvalue weighted by Crippen LogP contribution is -2.93. The van der Waals surface area contributed by atoms with Gasteiger partial charge < -0.3 is 39.4 Å². The Balaban J connectivity index is 1.26. The van der Waals surface area contributed by atoms with Crippen molar-refractivity contribution < 1.29 is 38.7 Å². The van der Waals surface area contributed by atoms with E-state index in [2.05, 4.69) is 15.6 Å². The highest BCUT2D eigenvalue weighted by atomic mass is 16.5. The first-order chi connectivity index (χ1) is 25.5. The summed E-state index contributed by atoms with van der Waals surface area (Å²) in [5.41, 5.74) is 3.95. The molecule has 9 rings (SSSR count). The van der Waals surface area contributed by atoms with Gasteiger partial charge in [0.2, 0.25) is 11.8 Å². The number of carbonyl (C=O) groups is 2. The van der Waals surface area contributed by atoms with E-state index in [1.54, 1.807) is 43.7 Å². The number of primary amides is 1. The zero-order chi connectivity index (χ0) is 36.8. The Kier molecular flexibility index (Phi) is 7.50. The van der Waals surface area contributed by atoms with Crippen LogP contribution >= 0.6 is 0 Å². The molecular formula is C40H39N6O7+. The van der Waals surface area contributed by atoms with Crippen LogP contribution in [0.3, 0.4) is 0 Å². The van der Waals surface area contributed by atoms with Gasteiger partial charge in [-0.25, -0.2) is 14.8 Å². The topological polar surface area (TPSA) is 192 Å². The maximum absolute atomic E-state index is 14.2. The van der Waals surface area contributed by atoms with E-state index in [1.165, 1.54) is 0 Å². The molecule has 270 valence electrons. The standard InChI is InChI=1S/C40H38N6O7/c1-18(2)30-38-46-32(37-42-17-29(51-37)22-16-41-31-21(22)8-7-11-27(31)47)34(53-38)40-23-9-5-6-10-25(23)44-39(40)52-28-13-12-20(14-24(28)40)15-26(35(49)45-30)43-36(50)33(48)19(3)4/h5-14,16-19,26,30,33,39,41,44,47-48H,15H2,1-4H3,(H,43,50)(H,45,49)/p+1. The summed E-state index contributed by atoms with van der Waals surface area (Å²) in [6.45, 7) is 7.44. The largest absolute Gasteiger partial charge is 0.506 e. The monoisotopic (exact) mass is 715 g/mol. The minimum atomic E-state index is -1.28. The number of carbonyl (C=O) groups excluding carboxylic acids is 2. The number of aliphatic hydroxyl groups is 1. The molecule has 3 aromatic carbocycles. The van der Waals surface area contributed by atoms with Crippen molar-refractivity contribution in [2.45, 2.75) is 63.9 Å². The van der Waals surface area contributed by atoms with Crippen molar-refractivity contribution in [2.75, 3.05) is 5.32 Å². The SMILES string of the molecule is CC(C)C(O)C(=O)NC1Cc2ccc3c(c2)C2(c4ccccc4NC2O3)c2oc(nc2-c2ncc(-c3c[nH]c4c(O)cccc34)o2)C(C(C)C)[NH2+]C1=O. The Hall–Kier alpha value is -5.92. The number of nitrogens with zero attached hydrogens (tertiary/aromatic N) is 2. The molecule has 5 unspecified atom stereocenters. The Bertz CT molecular complexity index is 2430. The lowest BCUT2D eigenvalue weighted by molar-refractivity contribution is -0.624. The number of phenolic OH excluding ortho intramolecular Hbond substituents is 1. The van der Waals surface area contributed by atoms with Crippen LogP contribution in [0.5, 0.6) is 11.5 Å². The number of H-pyrrole nitrogens is 1. The fourth-order valence-corrected chi connectivity index (χ4v) is 7.96. The number of anilines is 1. The van der Waals surface area contributed by atoms with Gasteiger partial charge in [0.05, 0.1) is 11.7 Å². The number of amides is 2. The van der Waals surface area contributed by atoms with Gasteiger partial charge in [-0.05, 0) is 35.2 Å². The highest BCUT2D eigenvalue weighted by molar-refractivity contribution is 5.97. The van der Waals surface area contributed by atoms with Crippen LogP contribution < -0.4 is 20.7 Å². The number of aliphatic hydroxyl groups excluding tert-OH is 1. The fourth-order valence-electron chi connectivity index (χ4n) is 7.96. The molecule has 0 saturated heterocycles. The molecule has 13 nitrogen and oxygen atoms in total. The number of benzene rings is 3. The van der Waals surface area contributed by atoms with Crippen molar-refractivity contribution in [2.24, 2.45) is 11.8 Å². The smallest absolute Gasteiger partial charge is 0.333 e. The van der Waals surface area contributed by atoms with Crippen molar-refractivity contribution in [1.82, 2.24) is 20.3 Å². The van der Waals surface area contributed by atoms with E-state index in [9.17, 15) is 19.8 Å². The molecule has 3 aromatic heterocycles. The van der Waals surface area contributed by atoms with E-state index < -0.39 is 35.7 Å². The average Bonchev–Trinajstić information content (AvgIpc) is 3.96. The average molecular weight is 716 g/mol. The van der Waals surface area contributed by atoms with Crippen molar-refractivity contribution in [3.05, 3.63) is 101 Å². The predicted molar refractivity (Wildman–Crippen MR) is 193 cm³/mol. The number of aromatic hydroxyl groups is 1. The van der Waals surface area contributed by atoms with Crippen LogP contribution in [0.25, 0.3) is 33.8 Å². The Labute approximate surface area is 303 Å². The molecule has 1 spiro atoms. The number of aromatic nitrogens is 3. The number of hydrogen-bond donors (Lipinski definition) is 6. The number of aromatic amines is 1. The van der Waals surface area contributed by atoms with Crippen LogP contribution in [-0.4, -0.2) is 55.4 Å². The molecule has 53 heavy (non-hydrogen) atoms. The Morgan fingerprint density at radius 1 is 1.06 bits per heavy atom. The first kappa shape index (κ1) is 33.0. The number of rotatable bonds is 6. The summed E-state index contributed by atoms with van der Waals surface area (Å²) >= 11 is 0. The number of ether oxygens (including phenoxy) is 1. The number of nitrogens with two attached hydrogens (primary N) is 1. The minimum absolute atomic E-state index is 0.120. The number of hydrogen-bond acceptors (Lipinski definition) is 10. The zero-order valence-electron chi connectivity index (χ0n) is 29.5. The number of oxazole rings is 2. The van der Waals surface area contributed by atoms with E-state index in [-0.39, 0.29) is 41.7 Å². The zero-order valence-corrected chi connectivity index (χ0v) is 29.5. The summed E-state index contributed by atoms with van der Waals surface area (Å²) in [7, 11) is 0. The van der Waals surface area contributed by atoms with E-state index in [0.29, 0.717) is 34.0 Å². The van der Waals surface area contributed by atoms with E-state index in [4.69, 9.17) is 23.5 Å². The van der Waals surface area contributed by atoms with E-state index in [1.807, 2.05) is 62.4 Å². The molecule has 0 fully saturated rings. The molecule has 2 amide bonds. The van der Waals surface area contributed by atoms with Crippen molar-refractivity contribution >= 4 is 28.4 Å². The summed E-state index contributed by atoms with van der Waals surface area (Å²) in [6, 6.07) is 17.4. The molecule has 4 bridgehead atoms. The number of nitrogens with one attached hydrogen (secondary N) is 3. The first-order valence-electron chi connectivity index (χ1n) is 17.8. The van der Waals surface area contributed by atoms with Crippen LogP contribution in [0, 0.1) is 11.8 Å². The maximum atomic E-state index is 14.2. The third-order valence-electron chi connectivity index (χ3n) is 10.8. The Morgan fingerprint density at radius 3 is 2.70 bits per heavy atom. The van der Waals surface area contributed by atoms with Gasteiger partial charge in [-0.15, -0.1) is 0 Å². The molecule has 0 radical (unpaired) electrons. The van der Waals surface area contributed by atoms with Crippen LogP contribution in [0.4, 0.5) is 5.69 Å². The van der Waals surface area contributed by atoms with Gasteiger partial charge in [-0.3, -0.25) is 10.1 Å². The minimum Gasteiger partial charge on any atom is -0.506 e. The van der Waals surface area contributed by atoms with Gasteiger partial charge >= 0.3 is 5.91 Å². The lowest BCUT2D eigenvalue weighted by Gasteiger charge is -2.28. The van der Waals surface area contributed by atoms with Gasteiger partial charge in [0.25, 0.3) is 5.89 Å². The van der Waals surface area contributed by atoms with Gasteiger partial charge in [-0.1, -0.05) is 70.2 Å². The summed E-state index contributed by atoms with van der Waals surface area (Å²) in [4.78, 5) is 40.3. The molecule has 3 aliphatic heterocycles. The maximum Gasteiger partial charge on any atom is 0.333 e. The summed E-state index contributed by atoms with van der Waals surface area (Å²) in [5.74, 6) is 0.727. The quantitative estimate of drug-likeness (QED) is 0.143. The number of para-hydroxylation sites is 2. The molecule has 0 aliphatic carbocycles. The third-order valence-corrected chi connectivity index (χ3v) is 10.8. The number of fused-ring (bicyclic) bond motifs is 5. The highest BCUT2D eigenvalue weighted by Gasteiger charge is 2.61. The second-order valence-electron chi connectivity index (χ2n) is 14.8. The third kappa shape index (κ3) is 4.98. The van der Waals surface area contributed by atoms with Gasteiger partial charge in [0.1, 0.15) is 29.1 Å². The molecule has 6 heterocycles. The van der Waals surface area contributed by atoms with Gasteiger partial charge in [0.15, 0.2) is 29.5 Å². The second kappa shape index (κ2) is 12.1. The lowest BCUT2D eigenvalue weighted by atomic mass is 9.72. The molecule has 7 N–H and O–H groups in total. The van der Waals surface area contributed by atoms with Crippen LogP contribution in [-0.2, 0) is 21.4 Å². The Morgan fingerprint density at radius 2 is 1.89 bits per heavy atom. The highest BCUT2D eigenvalue weighted by Crippen LogP contribution is 2.59. The van der Waals surface area contributed by atoms with Crippen molar-refractivity contribution in [1.29, 1.82) is 0 Å².